The van der Waals surface area contributed by atoms with Gasteiger partial charge in [-0.15, -0.1) is 0 Å². The fraction of sp³-hybridized carbons (Fsp3) is 0. The average molecular weight is 288 g/mol. The minimum Gasteiger partial charge on any atom is -0.423 e. The van der Waals surface area contributed by atoms with Crippen molar-refractivity contribution in [3.05, 3.63) is 67.0 Å². The van der Waals surface area contributed by atoms with Gasteiger partial charge in [-0.3, -0.25) is 0 Å². The van der Waals surface area contributed by atoms with Crippen molar-refractivity contribution in [2.75, 3.05) is 0 Å². The molecule has 0 aliphatic rings. The van der Waals surface area contributed by atoms with Crippen molar-refractivity contribution in [2.45, 2.75) is 0 Å². The van der Waals surface area contributed by atoms with Crippen molar-refractivity contribution in [3.8, 4) is 11.3 Å². The summed E-state index contributed by atoms with van der Waals surface area (Å²) in [5.41, 5.74) is 3.10. The van der Waals surface area contributed by atoms with Gasteiger partial charge >= 0.3 is 7.12 Å². The monoisotopic (exact) mass is 288 g/mol. The smallest absolute Gasteiger partial charge is 0.423 e. The molecule has 0 saturated heterocycles. The first-order valence-electron chi connectivity index (χ1n) is 7.05. The van der Waals surface area contributed by atoms with Gasteiger partial charge in [-0.2, -0.15) is 0 Å². The van der Waals surface area contributed by atoms with E-state index in [0.717, 1.165) is 16.9 Å². The summed E-state index contributed by atoms with van der Waals surface area (Å²) in [7, 11) is -1.48. The SMILES string of the molecule is OB(O)c1ccc2nc(-c3ccc4ccccc4c3)cn2c1. The predicted molar refractivity (Wildman–Crippen MR) is 88.0 cm³/mol. The number of hydrogen-bond acceptors (Lipinski definition) is 3. The van der Waals surface area contributed by atoms with Crippen molar-refractivity contribution in [1.29, 1.82) is 0 Å². The number of rotatable bonds is 2. The Labute approximate surface area is 127 Å². The van der Waals surface area contributed by atoms with E-state index < -0.39 is 7.12 Å². The lowest BCUT2D eigenvalue weighted by molar-refractivity contribution is 0.425. The number of hydrogen-bond donors (Lipinski definition) is 2. The largest absolute Gasteiger partial charge is 0.489 e. The first-order chi connectivity index (χ1) is 10.7. The van der Waals surface area contributed by atoms with Gasteiger partial charge in [0.15, 0.2) is 0 Å². The van der Waals surface area contributed by atoms with Gasteiger partial charge in [0.1, 0.15) is 5.65 Å². The zero-order chi connectivity index (χ0) is 15.1. The Bertz CT molecular complexity index is 979. The normalized spacial score (nSPS) is 11.2. The van der Waals surface area contributed by atoms with Gasteiger partial charge in [0, 0.05) is 18.0 Å². The van der Waals surface area contributed by atoms with Crippen LogP contribution in [0.15, 0.2) is 67.0 Å². The second-order valence-corrected chi connectivity index (χ2v) is 5.29. The Morgan fingerprint density at radius 2 is 1.68 bits per heavy atom. The maximum Gasteiger partial charge on any atom is 0.489 e. The topological polar surface area (TPSA) is 57.8 Å². The molecule has 22 heavy (non-hydrogen) atoms. The third-order valence-corrected chi connectivity index (χ3v) is 3.82. The highest BCUT2D eigenvalue weighted by atomic mass is 16.4. The molecule has 2 N–H and O–H groups in total. The molecule has 2 aromatic heterocycles. The molecular weight excluding hydrogens is 275 g/mol. The molecule has 4 aromatic rings. The molecule has 0 amide bonds. The highest BCUT2D eigenvalue weighted by Crippen LogP contribution is 2.24. The minimum absolute atomic E-state index is 0.440. The molecule has 0 spiro atoms. The van der Waals surface area contributed by atoms with E-state index >= 15 is 0 Å². The summed E-state index contributed by atoms with van der Waals surface area (Å²) < 4.78 is 1.80. The summed E-state index contributed by atoms with van der Waals surface area (Å²) in [5.74, 6) is 0. The number of imidazole rings is 1. The second kappa shape index (κ2) is 4.98. The Morgan fingerprint density at radius 1 is 0.864 bits per heavy atom. The van der Waals surface area contributed by atoms with Crippen LogP contribution in [-0.4, -0.2) is 26.6 Å². The molecule has 4 rings (SSSR count). The number of benzene rings is 2. The fourth-order valence-electron chi connectivity index (χ4n) is 2.65. The summed E-state index contributed by atoms with van der Waals surface area (Å²) in [6, 6.07) is 17.9. The molecule has 0 saturated carbocycles. The Balaban J connectivity index is 1.84. The lowest BCUT2D eigenvalue weighted by Crippen LogP contribution is -2.30. The van der Waals surface area contributed by atoms with Crippen LogP contribution in [0.5, 0.6) is 0 Å². The third-order valence-electron chi connectivity index (χ3n) is 3.82. The van der Waals surface area contributed by atoms with E-state index in [1.165, 1.54) is 10.8 Å². The van der Waals surface area contributed by atoms with Crippen molar-refractivity contribution in [2.24, 2.45) is 0 Å². The molecule has 4 nitrogen and oxygen atoms in total. The van der Waals surface area contributed by atoms with Crippen LogP contribution in [0.2, 0.25) is 0 Å². The Hall–Kier alpha value is -2.63. The van der Waals surface area contributed by atoms with Crippen LogP contribution in [-0.2, 0) is 0 Å². The first kappa shape index (κ1) is 13.1. The highest BCUT2D eigenvalue weighted by molar-refractivity contribution is 6.58. The minimum atomic E-state index is -1.48. The van der Waals surface area contributed by atoms with Gasteiger partial charge in [-0.25, -0.2) is 4.98 Å². The fourth-order valence-corrected chi connectivity index (χ4v) is 2.65. The number of nitrogens with zero attached hydrogens (tertiary/aromatic N) is 2. The van der Waals surface area contributed by atoms with Crippen LogP contribution in [0.1, 0.15) is 0 Å². The summed E-state index contributed by atoms with van der Waals surface area (Å²) >= 11 is 0. The lowest BCUT2D eigenvalue weighted by Gasteiger charge is -2.00. The molecule has 0 aliphatic heterocycles. The van der Waals surface area contributed by atoms with Gasteiger partial charge in [0.25, 0.3) is 0 Å². The molecule has 0 aliphatic carbocycles. The molecule has 0 fully saturated rings. The molecule has 106 valence electrons. The van der Waals surface area contributed by atoms with Crippen molar-refractivity contribution >= 4 is 29.0 Å². The van der Waals surface area contributed by atoms with Crippen molar-refractivity contribution in [1.82, 2.24) is 9.38 Å². The summed E-state index contributed by atoms with van der Waals surface area (Å²) in [6.07, 6.45) is 3.57. The summed E-state index contributed by atoms with van der Waals surface area (Å²) in [5, 5.41) is 20.9. The van der Waals surface area contributed by atoms with Gasteiger partial charge in [0.05, 0.1) is 5.69 Å². The van der Waals surface area contributed by atoms with Crippen LogP contribution in [0.25, 0.3) is 27.7 Å². The highest BCUT2D eigenvalue weighted by Gasteiger charge is 2.12. The van der Waals surface area contributed by atoms with Gasteiger partial charge < -0.3 is 14.4 Å². The standard InChI is InChI=1S/C17H13BN2O2/c21-18(22)15-7-8-17-19-16(11-20(17)10-15)14-6-5-12-3-1-2-4-13(12)9-14/h1-11,21-22H. The maximum absolute atomic E-state index is 9.25. The molecule has 2 heterocycles. The average Bonchev–Trinajstić information content (AvgIpc) is 2.97. The zero-order valence-corrected chi connectivity index (χ0v) is 11.7. The van der Waals surface area contributed by atoms with E-state index in [9.17, 15) is 10.0 Å². The van der Waals surface area contributed by atoms with Crippen LogP contribution in [0.3, 0.4) is 0 Å². The second-order valence-electron chi connectivity index (χ2n) is 5.29. The van der Waals surface area contributed by atoms with E-state index in [0.29, 0.717) is 5.46 Å². The first-order valence-corrected chi connectivity index (χ1v) is 7.05. The van der Waals surface area contributed by atoms with E-state index in [2.05, 4.69) is 29.2 Å². The van der Waals surface area contributed by atoms with Crippen molar-refractivity contribution < 1.29 is 10.0 Å². The Kier molecular flexibility index (Phi) is 2.96. The van der Waals surface area contributed by atoms with Crippen LogP contribution < -0.4 is 5.46 Å². The summed E-state index contributed by atoms with van der Waals surface area (Å²) in [4.78, 5) is 4.59. The van der Waals surface area contributed by atoms with E-state index in [1.54, 1.807) is 22.7 Å². The zero-order valence-electron chi connectivity index (χ0n) is 11.7. The molecule has 2 aromatic carbocycles. The lowest BCUT2D eigenvalue weighted by atomic mass is 9.82. The molecule has 5 heteroatoms. The van der Waals surface area contributed by atoms with Crippen LogP contribution in [0.4, 0.5) is 0 Å². The van der Waals surface area contributed by atoms with E-state index in [1.807, 2.05) is 24.4 Å². The predicted octanol–water partition coefficient (Wildman–Crippen LogP) is 1.83. The molecule has 0 bridgehead atoms. The molecule has 0 radical (unpaired) electrons. The van der Waals surface area contributed by atoms with Gasteiger partial charge in [0.2, 0.25) is 0 Å². The third kappa shape index (κ3) is 2.17. The molecule has 0 unspecified atom stereocenters. The van der Waals surface area contributed by atoms with E-state index in [-0.39, 0.29) is 0 Å². The van der Waals surface area contributed by atoms with Crippen molar-refractivity contribution in [3.63, 3.8) is 0 Å². The van der Waals surface area contributed by atoms with Gasteiger partial charge in [-0.1, -0.05) is 42.5 Å². The molecule has 0 atom stereocenters. The Morgan fingerprint density at radius 3 is 2.50 bits per heavy atom. The van der Waals surface area contributed by atoms with Crippen LogP contribution in [0, 0.1) is 0 Å². The summed E-state index contributed by atoms with van der Waals surface area (Å²) in [6.45, 7) is 0. The number of fused-ring (bicyclic) bond motifs is 2. The van der Waals surface area contributed by atoms with Crippen LogP contribution >= 0.6 is 0 Å². The van der Waals surface area contributed by atoms with E-state index in [4.69, 9.17) is 0 Å². The molecular formula is C17H13BN2O2. The maximum atomic E-state index is 9.25. The number of aromatic nitrogens is 2. The van der Waals surface area contributed by atoms with Gasteiger partial charge in [-0.05, 0) is 28.4 Å². The number of pyridine rings is 1. The quantitative estimate of drug-likeness (QED) is 0.553.